The second kappa shape index (κ2) is 6.97. The van der Waals surface area contributed by atoms with Crippen molar-refractivity contribution in [2.75, 3.05) is 6.61 Å². The molecule has 0 spiro atoms. The van der Waals surface area contributed by atoms with Gasteiger partial charge in [0.2, 0.25) is 0 Å². The van der Waals surface area contributed by atoms with Crippen LogP contribution >= 0.6 is 0 Å². The van der Waals surface area contributed by atoms with Gasteiger partial charge in [-0.1, -0.05) is 19.9 Å². The van der Waals surface area contributed by atoms with Crippen LogP contribution in [0.15, 0.2) is 12.7 Å². The first-order valence-corrected chi connectivity index (χ1v) is 9.64. The molecule has 4 aliphatic carbocycles. The van der Waals surface area contributed by atoms with Crippen LogP contribution in [0.2, 0.25) is 0 Å². The third-order valence-electron chi connectivity index (χ3n) is 6.03. The van der Waals surface area contributed by atoms with Crippen molar-refractivity contribution < 1.29 is 28.9 Å². The number of hydrogen-bond acceptors (Lipinski definition) is 6. The first-order chi connectivity index (χ1) is 12.2. The summed E-state index contributed by atoms with van der Waals surface area (Å²) in [6, 6.07) is 0. The van der Waals surface area contributed by atoms with E-state index in [1.807, 2.05) is 0 Å². The summed E-state index contributed by atoms with van der Waals surface area (Å²) in [6.45, 7) is 7.79. The van der Waals surface area contributed by atoms with E-state index in [0.29, 0.717) is 45.1 Å². The lowest BCUT2D eigenvalue weighted by Crippen LogP contribution is -2.66. The molecule has 146 valence electrons. The molecule has 6 nitrogen and oxygen atoms in total. The molecular weight excluding hydrogens is 336 g/mol. The van der Waals surface area contributed by atoms with Gasteiger partial charge in [0.1, 0.15) is 5.60 Å². The number of rotatable bonds is 8. The fourth-order valence-electron chi connectivity index (χ4n) is 5.60. The molecule has 4 bridgehead atoms. The lowest BCUT2D eigenvalue weighted by Gasteiger charge is -2.62. The Balaban J connectivity index is 1.75. The highest BCUT2D eigenvalue weighted by atomic mass is 16.7. The van der Waals surface area contributed by atoms with Crippen LogP contribution in [0, 0.1) is 11.3 Å². The minimum Gasteiger partial charge on any atom is -0.456 e. The number of esters is 2. The second-order valence-corrected chi connectivity index (χ2v) is 8.52. The number of unbranched alkanes of at least 4 members (excludes halogenated alkanes) is 1. The van der Waals surface area contributed by atoms with Gasteiger partial charge in [0.25, 0.3) is 0 Å². The van der Waals surface area contributed by atoms with Crippen molar-refractivity contribution in [2.45, 2.75) is 82.7 Å². The molecule has 0 saturated heterocycles. The molecule has 0 aromatic rings. The number of aliphatic hydroxyl groups is 1. The Morgan fingerprint density at radius 3 is 2.69 bits per heavy atom. The Kier molecular flexibility index (Phi) is 5.19. The summed E-state index contributed by atoms with van der Waals surface area (Å²) in [5.41, 5.74) is -2.59. The number of carbonyl (C=O) groups excluding carboxylic acids is 2. The summed E-state index contributed by atoms with van der Waals surface area (Å²) in [5, 5.41) is 11.0. The van der Waals surface area contributed by atoms with Gasteiger partial charge in [-0.3, -0.25) is 4.79 Å². The van der Waals surface area contributed by atoms with Crippen LogP contribution in [0.3, 0.4) is 0 Å². The van der Waals surface area contributed by atoms with Crippen molar-refractivity contribution in [3.63, 3.8) is 0 Å². The van der Waals surface area contributed by atoms with E-state index in [4.69, 9.17) is 14.2 Å². The van der Waals surface area contributed by atoms with Gasteiger partial charge < -0.3 is 19.3 Å². The molecule has 0 radical (unpaired) electrons. The molecule has 4 aliphatic rings. The van der Waals surface area contributed by atoms with E-state index >= 15 is 0 Å². The molecular formula is C20H30O6. The molecule has 4 fully saturated rings. The van der Waals surface area contributed by atoms with Gasteiger partial charge in [-0.05, 0) is 44.9 Å². The van der Waals surface area contributed by atoms with E-state index in [2.05, 4.69) is 13.5 Å². The van der Waals surface area contributed by atoms with Gasteiger partial charge in [-0.2, -0.15) is 0 Å². The minimum absolute atomic E-state index is 0.151. The smallest absolute Gasteiger partial charge is 0.330 e. The topological polar surface area (TPSA) is 82.1 Å². The Morgan fingerprint density at radius 2 is 2.04 bits per heavy atom. The van der Waals surface area contributed by atoms with Crippen LogP contribution in [-0.2, 0) is 23.8 Å². The normalized spacial score (nSPS) is 38.7. The van der Waals surface area contributed by atoms with E-state index in [1.54, 1.807) is 6.92 Å². The monoisotopic (exact) mass is 366 g/mol. The molecule has 4 rings (SSSR count). The quantitative estimate of drug-likeness (QED) is 0.308. The summed E-state index contributed by atoms with van der Waals surface area (Å²) >= 11 is 0. The third kappa shape index (κ3) is 3.67. The molecule has 1 N–H and O–H groups in total. The van der Waals surface area contributed by atoms with Gasteiger partial charge in [-0.15, -0.1) is 0 Å². The maximum atomic E-state index is 13.0. The highest BCUT2D eigenvalue weighted by molar-refractivity contribution is 5.82. The van der Waals surface area contributed by atoms with E-state index in [0.717, 1.165) is 18.9 Å². The second-order valence-electron chi connectivity index (χ2n) is 8.52. The molecule has 0 aliphatic heterocycles. The summed E-state index contributed by atoms with van der Waals surface area (Å²) in [6.07, 6.45) is 5.59. The van der Waals surface area contributed by atoms with E-state index < -0.39 is 28.9 Å². The van der Waals surface area contributed by atoms with Crippen LogP contribution in [-0.4, -0.2) is 41.1 Å². The van der Waals surface area contributed by atoms with Gasteiger partial charge in [0.05, 0.1) is 17.6 Å². The molecule has 0 heterocycles. The Bertz CT molecular complexity index is 589. The van der Waals surface area contributed by atoms with Gasteiger partial charge in [-0.25, -0.2) is 4.79 Å². The van der Waals surface area contributed by atoms with Crippen molar-refractivity contribution in [2.24, 2.45) is 11.3 Å². The zero-order chi connectivity index (χ0) is 19.0. The average Bonchev–Trinajstić information content (AvgIpc) is 2.52. The van der Waals surface area contributed by atoms with E-state index in [9.17, 15) is 14.7 Å². The molecule has 6 heteroatoms. The van der Waals surface area contributed by atoms with Crippen molar-refractivity contribution in [3.05, 3.63) is 12.7 Å². The number of ether oxygens (including phenoxy) is 3. The lowest BCUT2D eigenvalue weighted by atomic mass is 9.46. The Morgan fingerprint density at radius 1 is 1.27 bits per heavy atom. The number of carbonyl (C=O) groups is 2. The van der Waals surface area contributed by atoms with Crippen molar-refractivity contribution in [3.8, 4) is 0 Å². The van der Waals surface area contributed by atoms with Gasteiger partial charge in [0, 0.05) is 18.9 Å². The van der Waals surface area contributed by atoms with Gasteiger partial charge in [0.15, 0.2) is 6.29 Å². The van der Waals surface area contributed by atoms with Gasteiger partial charge >= 0.3 is 11.9 Å². The van der Waals surface area contributed by atoms with E-state index in [-0.39, 0.29) is 11.9 Å². The predicted molar refractivity (Wildman–Crippen MR) is 94.0 cm³/mol. The first kappa shape index (κ1) is 19.4. The van der Waals surface area contributed by atoms with Crippen LogP contribution < -0.4 is 0 Å². The van der Waals surface area contributed by atoms with Crippen molar-refractivity contribution in [1.29, 1.82) is 0 Å². The minimum atomic E-state index is -0.980. The standard InChI is InChI=1S/C20H30O6/c1-4-6-7-24-14(3)25-17(22)18-8-15-9-19(23,11-18)13-20(10-15,12-18)26-16(21)5-2/h5,14-15,23H,2,4,6-13H2,1,3H3. The fourth-order valence-corrected chi connectivity index (χ4v) is 5.60. The maximum absolute atomic E-state index is 13.0. The first-order valence-electron chi connectivity index (χ1n) is 9.64. The number of hydrogen-bond donors (Lipinski definition) is 1. The zero-order valence-corrected chi connectivity index (χ0v) is 15.8. The largest absolute Gasteiger partial charge is 0.456 e. The Labute approximate surface area is 154 Å². The van der Waals surface area contributed by atoms with Crippen LogP contribution in [0.1, 0.15) is 65.2 Å². The summed E-state index contributed by atoms with van der Waals surface area (Å²) in [5.74, 6) is -0.698. The summed E-state index contributed by atoms with van der Waals surface area (Å²) in [4.78, 5) is 24.8. The molecule has 26 heavy (non-hydrogen) atoms. The zero-order valence-electron chi connectivity index (χ0n) is 15.8. The van der Waals surface area contributed by atoms with Crippen LogP contribution in [0.5, 0.6) is 0 Å². The average molecular weight is 366 g/mol. The van der Waals surface area contributed by atoms with Crippen LogP contribution in [0.25, 0.3) is 0 Å². The van der Waals surface area contributed by atoms with E-state index in [1.165, 1.54) is 0 Å². The maximum Gasteiger partial charge on any atom is 0.330 e. The summed E-state index contributed by atoms with van der Waals surface area (Å²) in [7, 11) is 0. The SMILES string of the molecule is C=CC(=O)OC12CC3CC(O)(C1)CC(C(=O)OC(C)OCCCC)(C3)C2. The molecule has 5 atom stereocenters. The Hall–Kier alpha value is -1.40. The molecule has 0 aromatic carbocycles. The molecule has 5 unspecified atom stereocenters. The van der Waals surface area contributed by atoms with Crippen LogP contribution in [0.4, 0.5) is 0 Å². The summed E-state index contributed by atoms with van der Waals surface area (Å²) < 4.78 is 16.8. The highest BCUT2D eigenvalue weighted by Gasteiger charge is 2.67. The predicted octanol–water partition coefficient (Wildman–Crippen LogP) is 2.88. The molecule has 4 saturated carbocycles. The third-order valence-corrected chi connectivity index (χ3v) is 6.03. The highest BCUT2D eigenvalue weighted by Crippen LogP contribution is 2.64. The molecule has 0 amide bonds. The van der Waals surface area contributed by atoms with Crippen molar-refractivity contribution in [1.82, 2.24) is 0 Å². The fraction of sp³-hybridized carbons (Fsp3) is 0.800. The van der Waals surface area contributed by atoms with Crippen molar-refractivity contribution >= 4 is 11.9 Å². The lowest BCUT2D eigenvalue weighted by molar-refractivity contribution is -0.252. The molecule has 0 aromatic heterocycles.